The van der Waals surface area contributed by atoms with E-state index in [1.807, 2.05) is 44.5 Å². The molecule has 0 N–H and O–H groups in total. The van der Waals surface area contributed by atoms with E-state index in [1.54, 1.807) is 0 Å². The van der Waals surface area contributed by atoms with Crippen molar-refractivity contribution in [3.8, 4) is 0 Å². The summed E-state index contributed by atoms with van der Waals surface area (Å²) in [7, 11) is 0. The van der Waals surface area contributed by atoms with Crippen molar-refractivity contribution in [3.63, 3.8) is 0 Å². The Labute approximate surface area is 167 Å². The fourth-order valence-electron chi connectivity index (χ4n) is 3.59. The number of aryl methyl sites for hydroxylation is 1. The fourth-order valence-corrected chi connectivity index (χ4v) is 3.59. The zero-order valence-electron chi connectivity index (χ0n) is 16.7. The summed E-state index contributed by atoms with van der Waals surface area (Å²) in [6.07, 6.45) is 14.0. The van der Waals surface area contributed by atoms with E-state index in [0.717, 1.165) is 5.69 Å². The molecule has 1 heterocycles. The second kappa shape index (κ2) is 9.03. The van der Waals surface area contributed by atoms with Gasteiger partial charge < -0.3 is 4.57 Å². The lowest BCUT2D eigenvalue weighted by molar-refractivity contribution is 0.503. The molecule has 2 nitrogen and oxygen atoms in total. The van der Waals surface area contributed by atoms with Crippen LogP contribution in [0.1, 0.15) is 30.7 Å². The molecule has 0 fully saturated rings. The summed E-state index contributed by atoms with van der Waals surface area (Å²) in [4.78, 5) is 4.53. The van der Waals surface area contributed by atoms with Gasteiger partial charge in [-0.25, -0.2) is 4.98 Å². The van der Waals surface area contributed by atoms with Gasteiger partial charge in [-0.3, -0.25) is 0 Å². The Morgan fingerprint density at radius 1 is 0.964 bits per heavy atom. The SMILES string of the molecule is C/C=C\C=C=C/C=C(\C)C(c1ccccc1)(c1ccccc1)n1cnc(C)c1. The third-order valence-electron chi connectivity index (χ3n) is 4.87. The van der Waals surface area contributed by atoms with E-state index in [2.05, 4.69) is 95.1 Å². The zero-order valence-corrected chi connectivity index (χ0v) is 16.7. The molecular weight excluding hydrogens is 340 g/mol. The van der Waals surface area contributed by atoms with Gasteiger partial charge in [0.25, 0.3) is 0 Å². The quantitative estimate of drug-likeness (QED) is 0.374. The molecule has 0 saturated heterocycles. The van der Waals surface area contributed by atoms with Gasteiger partial charge >= 0.3 is 0 Å². The van der Waals surface area contributed by atoms with Crippen LogP contribution in [0.25, 0.3) is 0 Å². The van der Waals surface area contributed by atoms with Crippen molar-refractivity contribution >= 4 is 0 Å². The van der Waals surface area contributed by atoms with Gasteiger partial charge in [0.1, 0.15) is 5.54 Å². The molecule has 3 aromatic rings. The van der Waals surface area contributed by atoms with Crippen LogP contribution in [0.15, 0.2) is 115 Å². The number of imidazole rings is 1. The molecule has 3 rings (SSSR count). The monoisotopic (exact) mass is 366 g/mol. The van der Waals surface area contributed by atoms with Crippen LogP contribution in [0, 0.1) is 6.92 Å². The van der Waals surface area contributed by atoms with E-state index in [4.69, 9.17) is 0 Å². The lowest BCUT2D eigenvalue weighted by Gasteiger charge is -2.37. The van der Waals surface area contributed by atoms with Gasteiger partial charge in [-0.15, -0.1) is 5.73 Å². The summed E-state index contributed by atoms with van der Waals surface area (Å²) in [5.41, 5.74) is 7.29. The first-order valence-corrected chi connectivity index (χ1v) is 9.53. The van der Waals surface area contributed by atoms with Gasteiger partial charge in [0, 0.05) is 6.20 Å². The third-order valence-corrected chi connectivity index (χ3v) is 4.87. The normalized spacial score (nSPS) is 12.0. The van der Waals surface area contributed by atoms with Gasteiger partial charge in [-0.1, -0.05) is 78.9 Å². The van der Waals surface area contributed by atoms with Crippen molar-refractivity contribution in [3.05, 3.63) is 132 Å². The zero-order chi connectivity index (χ0) is 19.8. The fraction of sp³-hybridized carbons (Fsp3) is 0.154. The molecule has 140 valence electrons. The molecule has 0 aliphatic heterocycles. The van der Waals surface area contributed by atoms with Gasteiger partial charge in [-0.2, -0.15) is 0 Å². The van der Waals surface area contributed by atoms with Crippen LogP contribution >= 0.6 is 0 Å². The Kier molecular flexibility index (Phi) is 6.26. The summed E-state index contributed by atoms with van der Waals surface area (Å²) < 4.78 is 2.21. The second-order valence-corrected chi connectivity index (χ2v) is 6.74. The summed E-state index contributed by atoms with van der Waals surface area (Å²) in [5, 5.41) is 0. The lowest BCUT2D eigenvalue weighted by Crippen LogP contribution is -2.37. The minimum Gasteiger partial charge on any atom is -0.319 e. The molecule has 2 aromatic carbocycles. The van der Waals surface area contributed by atoms with Crippen LogP contribution in [0.2, 0.25) is 0 Å². The first-order valence-electron chi connectivity index (χ1n) is 9.53. The van der Waals surface area contributed by atoms with E-state index >= 15 is 0 Å². The topological polar surface area (TPSA) is 17.8 Å². The second-order valence-electron chi connectivity index (χ2n) is 6.74. The van der Waals surface area contributed by atoms with E-state index in [1.165, 1.54) is 16.7 Å². The largest absolute Gasteiger partial charge is 0.319 e. The summed E-state index contributed by atoms with van der Waals surface area (Å²) in [5.74, 6) is 0. The van der Waals surface area contributed by atoms with Crippen LogP contribution in [-0.2, 0) is 5.54 Å². The standard InChI is InChI=1S/C26H26N2/c1-4-5-6-7-10-15-22(2)26(24-16-11-8-12-17-24,25-18-13-9-14-19-25)28-20-23(3)27-21-28/h4-6,8-21H,1-3H3/b5-4-,22-15+. The summed E-state index contributed by atoms with van der Waals surface area (Å²) in [6, 6.07) is 21.2. The van der Waals surface area contributed by atoms with Crippen molar-refractivity contribution in [2.24, 2.45) is 0 Å². The van der Waals surface area contributed by atoms with Crippen molar-refractivity contribution in [1.82, 2.24) is 9.55 Å². The molecule has 0 amide bonds. The number of allylic oxidation sites excluding steroid dienone is 5. The van der Waals surface area contributed by atoms with Gasteiger partial charge in [0.2, 0.25) is 0 Å². The van der Waals surface area contributed by atoms with Crippen LogP contribution < -0.4 is 0 Å². The maximum absolute atomic E-state index is 4.53. The summed E-state index contributed by atoms with van der Waals surface area (Å²) >= 11 is 0. The number of benzene rings is 2. The number of nitrogens with zero attached hydrogens (tertiary/aromatic N) is 2. The van der Waals surface area contributed by atoms with Crippen LogP contribution in [0.3, 0.4) is 0 Å². The molecule has 0 unspecified atom stereocenters. The molecule has 0 aliphatic rings. The maximum atomic E-state index is 4.53. The molecule has 0 bridgehead atoms. The van der Waals surface area contributed by atoms with E-state index in [0.29, 0.717) is 0 Å². The maximum Gasteiger partial charge on any atom is 0.117 e. The van der Waals surface area contributed by atoms with Gasteiger partial charge in [0.15, 0.2) is 0 Å². The molecule has 28 heavy (non-hydrogen) atoms. The van der Waals surface area contributed by atoms with Crippen molar-refractivity contribution in [2.75, 3.05) is 0 Å². The highest BCUT2D eigenvalue weighted by Gasteiger charge is 2.37. The Bertz CT molecular complexity index is 975. The summed E-state index contributed by atoms with van der Waals surface area (Å²) in [6.45, 7) is 6.19. The number of hydrogen-bond acceptors (Lipinski definition) is 1. The molecule has 0 aliphatic carbocycles. The highest BCUT2D eigenvalue weighted by atomic mass is 15.1. The van der Waals surface area contributed by atoms with Gasteiger partial charge in [0.05, 0.1) is 12.0 Å². The average molecular weight is 367 g/mol. The predicted molar refractivity (Wildman–Crippen MR) is 117 cm³/mol. The number of hydrogen-bond donors (Lipinski definition) is 0. The Hall–Kier alpha value is -3.35. The van der Waals surface area contributed by atoms with Crippen LogP contribution in [-0.4, -0.2) is 9.55 Å². The molecule has 1 aromatic heterocycles. The average Bonchev–Trinajstić information content (AvgIpc) is 3.16. The number of aromatic nitrogens is 2. The first kappa shape index (κ1) is 19.4. The molecule has 0 radical (unpaired) electrons. The Morgan fingerprint density at radius 3 is 2.07 bits per heavy atom. The molecule has 0 atom stereocenters. The van der Waals surface area contributed by atoms with Gasteiger partial charge in [-0.05, 0) is 49.6 Å². The van der Waals surface area contributed by atoms with Crippen LogP contribution in [0.4, 0.5) is 0 Å². The van der Waals surface area contributed by atoms with Crippen molar-refractivity contribution in [1.29, 1.82) is 0 Å². The molecular formula is C26H26N2. The smallest absolute Gasteiger partial charge is 0.117 e. The minimum atomic E-state index is -0.484. The van der Waals surface area contributed by atoms with E-state index in [9.17, 15) is 0 Å². The highest BCUT2D eigenvalue weighted by Crippen LogP contribution is 2.40. The predicted octanol–water partition coefficient (Wildman–Crippen LogP) is 6.22. The first-order chi connectivity index (χ1) is 13.7. The highest BCUT2D eigenvalue weighted by molar-refractivity contribution is 5.49. The van der Waals surface area contributed by atoms with Crippen molar-refractivity contribution in [2.45, 2.75) is 26.3 Å². The molecule has 0 spiro atoms. The Balaban J connectivity index is 2.31. The molecule has 2 heteroatoms. The minimum absolute atomic E-state index is 0.484. The Morgan fingerprint density at radius 2 is 1.57 bits per heavy atom. The van der Waals surface area contributed by atoms with E-state index in [-0.39, 0.29) is 0 Å². The lowest BCUT2D eigenvalue weighted by atomic mass is 9.76. The number of rotatable bonds is 6. The van der Waals surface area contributed by atoms with E-state index < -0.39 is 5.54 Å². The van der Waals surface area contributed by atoms with Crippen LogP contribution in [0.5, 0.6) is 0 Å². The molecule has 0 saturated carbocycles. The third kappa shape index (κ3) is 3.83. The van der Waals surface area contributed by atoms with Crippen molar-refractivity contribution < 1.29 is 0 Å².